The van der Waals surface area contributed by atoms with Crippen LogP contribution < -0.4 is 0 Å². The molecular weight excluding hydrogens is 217 g/mol. The van der Waals surface area contributed by atoms with Crippen LogP contribution in [0.3, 0.4) is 0 Å². The average molecular weight is 237 g/mol. The molecule has 0 aliphatic carbocycles. The predicted octanol–water partition coefficient (Wildman–Crippen LogP) is 2.71. The summed E-state index contributed by atoms with van der Waals surface area (Å²) in [4.78, 5) is 0. The molecule has 0 spiro atoms. The van der Waals surface area contributed by atoms with Crippen molar-refractivity contribution in [2.75, 3.05) is 19.7 Å². The first-order valence-corrected chi connectivity index (χ1v) is 6.47. The van der Waals surface area contributed by atoms with Crippen molar-refractivity contribution in [3.63, 3.8) is 0 Å². The highest BCUT2D eigenvalue weighted by Crippen LogP contribution is 2.21. The fourth-order valence-corrected chi connectivity index (χ4v) is 2.56. The molecule has 0 N–H and O–H groups in total. The van der Waals surface area contributed by atoms with E-state index in [-0.39, 0.29) is 0 Å². The molecule has 16 heavy (non-hydrogen) atoms. The minimum absolute atomic E-state index is 0.748. The highest BCUT2D eigenvalue weighted by molar-refractivity contribution is 7.13. The summed E-state index contributed by atoms with van der Waals surface area (Å²) in [5.41, 5.74) is 1.27. The Morgan fingerprint density at radius 3 is 2.81 bits per heavy atom. The minimum Gasteiger partial charge on any atom is -0.377 e. The standard InChI is InChI=1S/C13H20NOP/c16-14-8-6-12(10-14)7-9-15-11-13-4-2-1-3-5-13/h1-5,12H,6-11,16H2. The van der Waals surface area contributed by atoms with Gasteiger partial charge < -0.3 is 4.74 Å². The Balaban J connectivity index is 1.59. The van der Waals surface area contributed by atoms with Gasteiger partial charge in [-0.3, -0.25) is 4.67 Å². The first-order valence-electron chi connectivity index (χ1n) is 5.96. The maximum absolute atomic E-state index is 5.69. The Morgan fingerprint density at radius 1 is 1.31 bits per heavy atom. The second-order valence-electron chi connectivity index (χ2n) is 4.48. The van der Waals surface area contributed by atoms with E-state index in [0.29, 0.717) is 0 Å². The Labute approximate surface area is 100 Å². The molecule has 2 unspecified atom stereocenters. The summed E-state index contributed by atoms with van der Waals surface area (Å²) in [5.74, 6) is 0.827. The van der Waals surface area contributed by atoms with Crippen molar-refractivity contribution in [2.45, 2.75) is 19.4 Å². The van der Waals surface area contributed by atoms with Gasteiger partial charge in [0.25, 0.3) is 0 Å². The third-order valence-electron chi connectivity index (χ3n) is 3.10. The third-order valence-corrected chi connectivity index (χ3v) is 3.57. The normalized spacial score (nSPS) is 21.4. The van der Waals surface area contributed by atoms with Crippen molar-refractivity contribution in [1.29, 1.82) is 0 Å². The molecule has 1 heterocycles. The molecule has 0 saturated carbocycles. The van der Waals surface area contributed by atoms with Crippen LogP contribution in [-0.2, 0) is 11.3 Å². The number of hydrogen-bond acceptors (Lipinski definition) is 2. The monoisotopic (exact) mass is 237 g/mol. The second kappa shape index (κ2) is 6.34. The molecule has 2 atom stereocenters. The Bertz CT molecular complexity index is 304. The zero-order valence-corrected chi connectivity index (χ0v) is 10.8. The lowest BCUT2D eigenvalue weighted by molar-refractivity contribution is 0.108. The number of ether oxygens (including phenoxy) is 1. The van der Waals surface area contributed by atoms with Crippen molar-refractivity contribution >= 4 is 9.39 Å². The fourth-order valence-electron chi connectivity index (χ4n) is 2.11. The van der Waals surface area contributed by atoms with Gasteiger partial charge >= 0.3 is 0 Å². The molecule has 1 fully saturated rings. The first kappa shape index (κ1) is 12.0. The van der Waals surface area contributed by atoms with E-state index < -0.39 is 0 Å². The van der Waals surface area contributed by atoms with Crippen LogP contribution in [0.1, 0.15) is 18.4 Å². The largest absolute Gasteiger partial charge is 0.377 e. The predicted molar refractivity (Wildman–Crippen MR) is 70.1 cm³/mol. The van der Waals surface area contributed by atoms with Crippen molar-refractivity contribution in [3.05, 3.63) is 35.9 Å². The van der Waals surface area contributed by atoms with E-state index in [1.165, 1.54) is 31.5 Å². The molecule has 1 aliphatic rings. The van der Waals surface area contributed by atoms with E-state index in [1.807, 2.05) is 6.07 Å². The Hall–Kier alpha value is -0.430. The van der Waals surface area contributed by atoms with Gasteiger partial charge in [-0.15, -0.1) is 0 Å². The minimum atomic E-state index is 0.748. The number of nitrogens with zero attached hydrogens (tertiary/aromatic N) is 1. The summed E-state index contributed by atoms with van der Waals surface area (Å²) in [5, 5.41) is 0. The Kier molecular flexibility index (Phi) is 4.77. The molecule has 1 aliphatic heterocycles. The zero-order chi connectivity index (χ0) is 11.2. The van der Waals surface area contributed by atoms with Crippen LogP contribution in [0.15, 0.2) is 30.3 Å². The quantitative estimate of drug-likeness (QED) is 0.576. The number of benzene rings is 1. The molecule has 88 valence electrons. The zero-order valence-electron chi connectivity index (χ0n) is 9.64. The highest BCUT2D eigenvalue weighted by Gasteiger charge is 2.18. The smallest absolute Gasteiger partial charge is 0.0716 e. The topological polar surface area (TPSA) is 12.5 Å². The summed E-state index contributed by atoms with van der Waals surface area (Å²) < 4.78 is 8.01. The maximum Gasteiger partial charge on any atom is 0.0716 e. The van der Waals surface area contributed by atoms with E-state index in [4.69, 9.17) is 4.74 Å². The van der Waals surface area contributed by atoms with Crippen molar-refractivity contribution in [2.24, 2.45) is 5.92 Å². The van der Waals surface area contributed by atoms with Gasteiger partial charge in [0, 0.05) is 19.7 Å². The van der Waals surface area contributed by atoms with Gasteiger partial charge in [-0.1, -0.05) is 39.7 Å². The lowest BCUT2D eigenvalue weighted by atomic mass is 10.1. The molecule has 2 nitrogen and oxygen atoms in total. The van der Waals surface area contributed by atoms with Crippen molar-refractivity contribution in [3.8, 4) is 0 Å². The molecule has 1 aromatic rings. The number of rotatable bonds is 5. The SMILES string of the molecule is PN1CCC(CCOCc2ccccc2)C1. The summed E-state index contributed by atoms with van der Waals surface area (Å²) in [6, 6.07) is 10.4. The highest BCUT2D eigenvalue weighted by atomic mass is 31.0. The van der Waals surface area contributed by atoms with Crippen LogP contribution in [0.25, 0.3) is 0 Å². The van der Waals surface area contributed by atoms with Crippen LogP contribution in [0.2, 0.25) is 0 Å². The van der Waals surface area contributed by atoms with Gasteiger partial charge in [-0.25, -0.2) is 0 Å². The third kappa shape index (κ3) is 3.86. The van der Waals surface area contributed by atoms with E-state index >= 15 is 0 Å². The van der Waals surface area contributed by atoms with Crippen LogP contribution >= 0.6 is 9.39 Å². The summed E-state index contributed by atoms with van der Waals surface area (Å²) in [6.45, 7) is 4.06. The molecular formula is C13H20NOP. The summed E-state index contributed by atoms with van der Waals surface area (Å²) >= 11 is 0. The van der Waals surface area contributed by atoms with Crippen molar-refractivity contribution in [1.82, 2.24) is 4.67 Å². The molecule has 3 heteroatoms. The van der Waals surface area contributed by atoms with Gasteiger partial charge in [-0.2, -0.15) is 0 Å². The lowest BCUT2D eigenvalue weighted by Crippen LogP contribution is -2.09. The van der Waals surface area contributed by atoms with Crippen LogP contribution in [0.5, 0.6) is 0 Å². The average Bonchev–Trinajstić information content (AvgIpc) is 2.72. The van der Waals surface area contributed by atoms with Gasteiger partial charge in [-0.05, 0) is 24.3 Å². The van der Waals surface area contributed by atoms with Gasteiger partial charge in [0.05, 0.1) is 6.61 Å². The van der Waals surface area contributed by atoms with Gasteiger partial charge in [0.1, 0.15) is 0 Å². The lowest BCUT2D eigenvalue weighted by Gasteiger charge is -2.10. The van der Waals surface area contributed by atoms with Gasteiger partial charge in [0.15, 0.2) is 0 Å². The summed E-state index contributed by atoms with van der Waals surface area (Å²) in [7, 11) is 2.78. The summed E-state index contributed by atoms with van der Waals surface area (Å²) in [6.07, 6.45) is 2.51. The second-order valence-corrected chi connectivity index (χ2v) is 5.21. The molecule has 1 saturated heterocycles. The molecule has 0 bridgehead atoms. The van der Waals surface area contributed by atoms with E-state index in [2.05, 4.69) is 38.3 Å². The number of hydrogen-bond donors (Lipinski definition) is 0. The van der Waals surface area contributed by atoms with E-state index in [1.54, 1.807) is 0 Å². The van der Waals surface area contributed by atoms with E-state index in [9.17, 15) is 0 Å². The molecule has 0 aromatic heterocycles. The molecule has 2 rings (SSSR count). The van der Waals surface area contributed by atoms with Gasteiger partial charge in [0.2, 0.25) is 0 Å². The maximum atomic E-state index is 5.69. The van der Waals surface area contributed by atoms with Crippen LogP contribution in [-0.4, -0.2) is 24.4 Å². The van der Waals surface area contributed by atoms with Crippen LogP contribution in [0.4, 0.5) is 0 Å². The first-order chi connectivity index (χ1) is 7.84. The molecule has 0 radical (unpaired) electrons. The van der Waals surface area contributed by atoms with Crippen molar-refractivity contribution < 1.29 is 4.74 Å². The molecule has 0 amide bonds. The fraction of sp³-hybridized carbons (Fsp3) is 0.538. The molecule has 1 aromatic carbocycles. The Morgan fingerprint density at radius 2 is 2.12 bits per heavy atom. The van der Waals surface area contributed by atoms with E-state index in [0.717, 1.165) is 19.1 Å². The van der Waals surface area contributed by atoms with Crippen LogP contribution in [0, 0.1) is 5.92 Å².